The van der Waals surface area contributed by atoms with Gasteiger partial charge in [0.25, 0.3) is 0 Å². The first-order chi connectivity index (χ1) is 9.68. The molecule has 0 aromatic rings. The highest BCUT2D eigenvalue weighted by Gasteiger charge is 2.24. The number of hydrogen-bond acceptors (Lipinski definition) is 6. The molecular formula is C11H21N3O6P+. The van der Waals surface area contributed by atoms with Gasteiger partial charge in [0.05, 0.1) is 6.04 Å². The lowest BCUT2D eigenvalue weighted by Gasteiger charge is -2.18. The van der Waals surface area contributed by atoms with Crippen LogP contribution in [0.1, 0.15) is 20.3 Å². The van der Waals surface area contributed by atoms with Crippen molar-refractivity contribution in [2.45, 2.75) is 38.4 Å². The van der Waals surface area contributed by atoms with Gasteiger partial charge in [-0.1, -0.05) is 4.57 Å². The average molecular weight is 322 g/mol. The maximum atomic E-state index is 11.7. The van der Waals surface area contributed by atoms with E-state index in [1.54, 1.807) is 0 Å². The highest BCUT2D eigenvalue weighted by atomic mass is 31.1. The van der Waals surface area contributed by atoms with Crippen molar-refractivity contribution < 1.29 is 29.2 Å². The van der Waals surface area contributed by atoms with Gasteiger partial charge in [0.15, 0.2) is 6.16 Å². The summed E-state index contributed by atoms with van der Waals surface area (Å²) < 4.78 is 11.0. The van der Waals surface area contributed by atoms with Crippen molar-refractivity contribution in [3.8, 4) is 0 Å². The van der Waals surface area contributed by atoms with Crippen LogP contribution < -0.4 is 16.4 Å². The smallest absolute Gasteiger partial charge is 0.366 e. The molecule has 0 radical (unpaired) electrons. The second-order valence-electron chi connectivity index (χ2n) is 4.54. The molecule has 10 heteroatoms. The van der Waals surface area contributed by atoms with Crippen molar-refractivity contribution in [3.63, 3.8) is 0 Å². The number of aliphatic hydroxyl groups excluding tert-OH is 1. The third-order valence-electron chi connectivity index (χ3n) is 2.67. The van der Waals surface area contributed by atoms with E-state index in [4.69, 9.17) is 15.9 Å². The van der Waals surface area contributed by atoms with Crippen LogP contribution in [-0.2, 0) is 18.9 Å². The summed E-state index contributed by atoms with van der Waals surface area (Å²) in [5, 5.41) is 21.8. The van der Waals surface area contributed by atoms with Crippen molar-refractivity contribution in [1.29, 1.82) is 0 Å². The summed E-state index contributed by atoms with van der Waals surface area (Å²) >= 11 is 0. The first-order valence-electron chi connectivity index (χ1n) is 6.31. The van der Waals surface area contributed by atoms with E-state index >= 15 is 0 Å². The SMILES string of the molecule is C[C@H](NC(=O)[C@H](C)NC(=O)[C@@H](N)CC[P+](=O)CO)C(=O)O. The van der Waals surface area contributed by atoms with Crippen LogP contribution in [0.5, 0.6) is 0 Å². The fourth-order valence-electron chi connectivity index (χ4n) is 1.27. The number of carboxylic acid groups (broad SMARTS) is 1. The summed E-state index contributed by atoms with van der Waals surface area (Å²) in [6.07, 6.45) is -0.242. The van der Waals surface area contributed by atoms with Gasteiger partial charge in [0.2, 0.25) is 18.2 Å². The molecule has 0 aromatic heterocycles. The molecule has 0 rings (SSSR count). The monoisotopic (exact) mass is 322 g/mol. The molecule has 2 amide bonds. The summed E-state index contributed by atoms with van der Waals surface area (Å²) in [5.41, 5.74) is 5.57. The Morgan fingerprint density at radius 3 is 2.14 bits per heavy atom. The maximum absolute atomic E-state index is 11.7. The Labute approximate surface area is 123 Å². The number of carbonyl (C=O) groups is 3. The normalized spacial score (nSPS) is 15.5. The summed E-state index contributed by atoms with van der Waals surface area (Å²) in [4.78, 5) is 33.9. The van der Waals surface area contributed by atoms with Crippen LogP contribution in [0.2, 0.25) is 0 Å². The minimum Gasteiger partial charge on any atom is -0.480 e. The summed E-state index contributed by atoms with van der Waals surface area (Å²) in [7, 11) is -1.79. The van der Waals surface area contributed by atoms with Crippen LogP contribution in [0.25, 0.3) is 0 Å². The van der Waals surface area contributed by atoms with Gasteiger partial charge in [-0.05, 0) is 13.8 Å². The van der Waals surface area contributed by atoms with E-state index < -0.39 is 50.1 Å². The molecule has 4 atom stereocenters. The predicted octanol–water partition coefficient (Wildman–Crippen LogP) is -1.42. The van der Waals surface area contributed by atoms with Crippen molar-refractivity contribution >= 4 is 25.6 Å². The molecule has 0 aliphatic heterocycles. The molecule has 0 saturated heterocycles. The van der Waals surface area contributed by atoms with Crippen LogP contribution in [0.4, 0.5) is 0 Å². The zero-order chi connectivity index (χ0) is 16.6. The highest BCUT2D eigenvalue weighted by Crippen LogP contribution is 2.19. The quantitative estimate of drug-likeness (QED) is 0.325. The molecule has 0 aliphatic carbocycles. The molecule has 120 valence electrons. The number of aliphatic hydroxyl groups is 1. The van der Waals surface area contributed by atoms with Crippen LogP contribution in [0, 0.1) is 0 Å². The lowest BCUT2D eigenvalue weighted by atomic mass is 10.2. The molecule has 0 aromatic carbocycles. The molecule has 0 heterocycles. The first-order valence-corrected chi connectivity index (χ1v) is 7.94. The number of carbonyl (C=O) groups excluding carboxylic acids is 2. The number of carboxylic acids is 1. The van der Waals surface area contributed by atoms with Gasteiger partial charge in [0, 0.05) is 6.42 Å². The van der Waals surface area contributed by atoms with E-state index in [2.05, 4.69) is 10.6 Å². The Hall–Kier alpha value is -1.57. The third kappa shape index (κ3) is 7.69. The van der Waals surface area contributed by atoms with E-state index in [0.29, 0.717) is 0 Å². The fourth-order valence-corrected chi connectivity index (χ4v) is 1.98. The topological polar surface area (TPSA) is 159 Å². The molecule has 0 saturated carbocycles. The van der Waals surface area contributed by atoms with Gasteiger partial charge in [-0.15, -0.1) is 0 Å². The number of rotatable bonds is 9. The summed E-state index contributed by atoms with van der Waals surface area (Å²) in [6, 6.07) is -2.97. The van der Waals surface area contributed by atoms with E-state index in [-0.39, 0.29) is 12.6 Å². The lowest BCUT2D eigenvalue weighted by molar-refractivity contribution is -0.141. The molecule has 9 nitrogen and oxygen atoms in total. The van der Waals surface area contributed by atoms with E-state index in [9.17, 15) is 18.9 Å². The Bertz CT molecular complexity index is 417. The van der Waals surface area contributed by atoms with Gasteiger partial charge < -0.3 is 26.6 Å². The molecule has 0 fully saturated rings. The zero-order valence-electron chi connectivity index (χ0n) is 11.9. The van der Waals surface area contributed by atoms with E-state index in [0.717, 1.165) is 0 Å². The highest BCUT2D eigenvalue weighted by molar-refractivity contribution is 7.44. The second kappa shape index (κ2) is 9.38. The molecule has 6 N–H and O–H groups in total. The standard InChI is InChI=1S/C11H20N3O6P/c1-6(9(16)14-7(2)11(18)19)13-10(17)8(12)3-4-21(20)5-15/h6-8,15H,3-5,12H2,1-2H3,(H2-,13,14,16,17,18,19)/p+1/t6-,7-,8-/m0/s1. The fraction of sp³-hybridized carbons (Fsp3) is 0.727. The minimum atomic E-state index is -1.79. The van der Waals surface area contributed by atoms with Crippen LogP contribution >= 0.6 is 7.80 Å². The molecule has 0 spiro atoms. The molecule has 0 aliphatic rings. The van der Waals surface area contributed by atoms with Gasteiger partial charge in [-0.25, -0.2) is 0 Å². The van der Waals surface area contributed by atoms with Gasteiger partial charge >= 0.3 is 13.8 Å². The number of aliphatic carboxylic acids is 1. The maximum Gasteiger partial charge on any atom is 0.366 e. The Kier molecular flexibility index (Phi) is 8.68. The van der Waals surface area contributed by atoms with Gasteiger partial charge in [-0.2, -0.15) is 0 Å². The Morgan fingerprint density at radius 1 is 1.14 bits per heavy atom. The van der Waals surface area contributed by atoms with Gasteiger partial charge in [0.1, 0.15) is 12.1 Å². The lowest BCUT2D eigenvalue weighted by Crippen LogP contribution is -2.52. The predicted molar refractivity (Wildman–Crippen MR) is 75.0 cm³/mol. The van der Waals surface area contributed by atoms with Crippen molar-refractivity contribution in [1.82, 2.24) is 10.6 Å². The number of nitrogens with two attached hydrogens (primary N) is 1. The van der Waals surface area contributed by atoms with E-state index in [1.165, 1.54) is 13.8 Å². The Balaban J connectivity index is 4.27. The van der Waals surface area contributed by atoms with Gasteiger partial charge in [-0.3, -0.25) is 14.4 Å². The van der Waals surface area contributed by atoms with E-state index in [1.807, 2.05) is 0 Å². The van der Waals surface area contributed by atoms with Crippen LogP contribution in [0.15, 0.2) is 0 Å². The number of nitrogens with one attached hydrogen (secondary N) is 2. The number of amides is 2. The summed E-state index contributed by atoms with van der Waals surface area (Å²) in [6.45, 7) is 2.69. The number of hydrogen-bond donors (Lipinski definition) is 5. The Morgan fingerprint density at radius 2 is 1.67 bits per heavy atom. The third-order valence-corrected chi connectivity index (χ3v) is 3.74. The average Bonchev–Trinajstić information content (AvgIpc) is 2.43. The second-order valence-corrected chi connectivity index (χ2v) is 6.23. The van der Waals surface area contributed by atoms with Crippen molar-refractivity contribution in [2.24, 2.45) is 5.73 Å². The molecule has 1 unspecified atom stereocenters. The zero-order valence-corrected chi connectivity index (χ0v) is 12.8. The van der Waals surface area contributed by atoms with Crippen LogP contribution in [-0.4, -0.2) is 58.6 Å². The van der Waals surface area contributed by atoms with Crippen molar-refractivity contribution in [2.75, 3.05) is 12.5 Å². The largest absolute Gasteiger partial charge is 0.480 e. The molecular weight excluding hydrogens is 301 g/mol. The van der Waals surface area contributed by atoms with Crippen molar-refractivity contribution in [3.05, 3.63) is 0 Å². The first kappa shape index (κ1) is 19.4. The summed E-state index contributed by atoms with van der Waals surface area (Å²) in [5.74, 6) is -2.44. The molecule has 0 bridgehead atoms. The minimum absolute atomic E-state index is 0.108. The van der Waals surface area contributed by atoms with Crippen LogP contribution in [0.3, 0.4) is 0 Å². The molecule has 21 heavy (non-hydrogen) atoms.